The monoisotopic (exact) mass is 410 g/mol. The molecular formula is C18H22N2O5S2. The van der Waals surface area contributed by atoms with Crippen molar-refractivity contribution in [3.8, 4) is 11.5 Å². The highest BCUT2D eigenvalue weighted by atomic mass is 32.2. The van der Waals surface area contributed by atoms with Gasteiger partial charge >= 0.3 is 0 Å². The minimum atomic E-state index is -3.49. The number of likely N-dealkylation sites (tertiary alicyclic amines) is 1. The predicted octanol–water partition coefficient (Wildman–Crippen LogP) is 2.35. The van der Waals surface area contributed by atoms with Crippen LogP contribution in [0.15, 0.2) is 39.9 Å². The summed E-state index contributed by atoms with van der Waals surface area (Å²) in [6.07, 6.45) is 1.13. The van der Waals surface area contributed by atoms with Gasteiger partial charge in [0.25, 0.3) is 5.91 Å². The molecular weight excluding hydrogens is 388 g/mol. The predicted molar refractivity (Wildman–Crippen MR) is 103 cm³/mol. The summed E-state index contributed by atoms with van der Waals surface area (Å²) in [5.74, 6) is 0.944. The lowest BCUT2D eigenvalue weighted by atomic mass is 10.0. The maximum absolute atomic E-state index is 12.8. The van der Waals surface area contributed by atoms with E-state index in [-0.39, 0.29) is 11.9 Å². The number of carbonyl (C=O) groups is 1. The van der Waals surface area contributed by atoms with Gasteiger partial charge in [-0.1, -0.05) is 6.07 Å². The first-order valence-electron chi connectivity index (χ1n) is 8.51. The number of benzene rings is 1. The van der Waals surface area contributed by atoms with Crippen molar-refractivity contribution >= 4 is 27.3 Å². The second-order valence-electron chi connectivity index (χ2n) is 6.19. The largest absolute Gasteiger partial charge is 0.497 e. The lowest BCUT2D eigenvalue weighted by molar-refractivity contribution is 0.0708. The van der Waals surface area contributed by atoms with Gasteiger partial charge in [0.2, 0.25) is 10.0 Å². The third kappa shape index (κ3) is 4.42. The minimum Gasteiger partial charge on any atom is -0.497 e. The molecule has 27 heavy (non-hydrogen) atoms. The molecule has 0 spiro atoms. The molecule has 7 nitrogen and oxygen atoms in total. The number of ether oxygens (including phenoxy) is 2. The zero-order valence-corrected chi connectivity index (χ0v) is 16.8. The van der Waals surface area contributed by atoms with E-state index in [2.05, 4.69) is 4.72 Å². The number of rotatable bonds is 6. The minimum absolute atomic E-state index is 0.130. The van der Waals surface area contributed by atoms with E-state index in [0.717, 1.165) is 0 Å². The Kier molecular flexibility index (Phi) is 6.03. The van der Waals surface area contributed by atoms with E-state index < -0.39 is 10.0 Å². The smallest absolute Gasteiger partial charge is 0.257 e. The molecule has 1 fully saturated rings. The Bertz CT molecular complexity index is 888. The Morgan fingerprint density at radius 2 is 1.93 bits per heavy atom. The number of hydrogen-bond donors (Lipinski definition) is 1. The van der Waals surface area contributed by atoms with Gasteiger partial charge in [0.1, 0.15) is 15.7 Å². The van der Waals surface area contributed by atoms with Gasteiger partial charge in [-0.05, 0) is 36.4 Å². The normalized spacial score (nSPS) is 15.6. The van der Waals surface area contributed by atoms with E-state index in [9.17, 15) is 13.2 Å². The first-order valence-corrected chi connectivity index (χ1v) is 10.9. The number of amides is 1. The van der Waals surface area contributed by atoms with Crippen LogP contribution in [0.1, 0.15) is 23.2 Å². The van der Waals surface area contributed by atoms with Crippen molar-refractivity contribution in [3.05, 3.63) is 41.3 Å². The van der Waals surface area contributed by atoms with Crippen molar-refractivity contribution in [2.75, 3.05) is 27.3 Å². The maximum atomic E-state index is 12.8. The van der Waals surface area contributed by atoms with Crippen LogP contribution < -0.4 is 14.2 Å². The van der Waals surface area contributed by atoms with E-state index in [4.69, 9.17) is 9.47 Å². The first kappa shape index (κ1) is 19.7. The molecule has 0 radical (unpaired) electrons. The summed E-state index contributed by atoms with van der Waals surface area (Å²) < 4.78 is 38.2. The van der Waals surface area contributed by atoms with Crippen LogP contribution in [-0.2, 0) is 10.0 Å². The highest BCUT2D eigenvalue weighted by molar-refractivity contribution is 7.91. The van der Waals surface area contributed by atoms with Crippen molar-refractivity contribution in [3.63, 3.8) is 0 Å². The average Bonchev–Trinajstić information content (AvgIpc) is 3.23. The summed E-state index contributed by atoms with van der Waals surface area (Å²) in [4.78, 5) is 14.5. The van der Waals surface area contributed by atoms with Crippen LogP contribution >= 0.6 is 11.3 Å². The zero-order chi connectivity index (χ0) is 19.4. The van der Waals surface area contributed by atoms with E-state index in [1.165, 1.54) is 18.4 Å². The van der Waals surface area contributed by atoms with Crippen molar-refractivity contribution in [1.29, 1.82) is 0 Å². The molecule has 3 rings (SSSR count). The molecule has 146 valence electrons. The molecule has 1 aliphatic heterocycles. The molecule has 1 N–H and O–H groups in total. The molecule has 2 heterocycles. The fourth-order valence-electron chi connectivity index (χ4n) is 3.04. The lowest BCUT2D eigenvalue weighted by Crippen LogP contribution is -2.46. The van der Waals surface area contributed by atoms with Crippen molar-refractivity contribution in [2.24, 2.45) is 0 Å². The Balaban J connectivity index is 1.63. The van der Waals surface area contributed by atoms with Crippen LogP contribution in [0.25, 0.3) is 0 Å². The number of thiophene rings is 1. The quantitative estimate of drug-likeness (QED) is 0.790. The van der Waals surface area contributed by atoms with E-state index >= 15 is 0 Å². The van der Waals surface area contributed by atoms with Gasteiger partial charge in [0.15, 0.2) is 0 Å². The average molecular weight is 411 g/mol. The molecule has 2 aromatic rings. The summed E-state index contributed by atoms with van der Waals surface area (Å²) in [7, 11) is -0.429. The molecule has 0 unspecified atom stereocenters. The van der Waals surface area contributed by atoms with Crippen LogP contribution in [0, 0.1) is 0 Å². The number of piperidine rings is 1. The number of sulfonamides is 1. The van der Waals surface area contributed by atoms with E-state index in [1.54, 1.807) is 47.7 Å². The third-order valence-corrected chi connectivity index (χ3v) is 7.42. The summed E-state index contributed by atoms with van der Waals surface area (Å²) in [5.41, 5.74) is 0.468. The fraction of sp³-hybridized carbons (Fsp3) is 0.389. The molecule has 1 aromatic heterocycles. The van der Waals surface area contributed by atoms with Crippen molar-refractivity contribution in [2.45, 2.75) is 23.1 Å². The second-order valence-corrected chi connectivity index (χ2v) is 9.07. The van der Waals surface area contributed by atoms with Crippen molar-refractivity contribution < 1.29 is 22.7 Å². The Morgan fingerprint density at radius 1 is 1.19 bits per heavy atom. The van der Waals surface area contributed by atoms with Crippen LogP contribution in [0.2, 0.25) is 0 Å². The van der Waals surface area contributed by atoms with Gasteiger partial charge in [-0.25, -0.2) is 13.1 Å². The zero-order valence-electron chi connectivity index (χ0n) is 15.2. The number of nitrogens with one attached hydrogen (secondary N) is 1. The lowest BCUT2D eigenvalue weighted by Gasteiger charge is -2.32. The van der Waals surface area contributed by atoms with E-state index in [1.807, 2.05) is 0 Å². The summed E-state index contributed by atoms with van der Waals surface area (Å²) in [5, 5.41) is 1.73. The molecule has 0 aliphatic carbocycles. The first-order chi connectivity index (χ1) is 12.9. The molecule has 0 bridgehead atoms. The van der Waals surface area contributed by atoms with Gasteiger partial charge in [-0.15, -0.1) is 11.3 Å². The van der Waals surface area contributed by atoms with Crippen LogP contribution in [-0.4, -0.2) is 52.6 Å². The van der Waals surface area contributed by atoms with Gasteiger partial charge in [0.05, 0.1) is 19.8 Å². The molecule has 0 atom stereocenters. The highest BCUT2D eigenvalue weighted by Gasteiger charge is 2.28. The van der Waals surface area contributed by atoms with Gasteiger partial charge in [0, 0.05) is 25.2 Å². The number of hydrogen-bond acceptors (Lipinski definition) is 6. The van der Waals surface area contributed by atoms with Gasteiger partial charge in [-0.3, -0.25) is 4.79 Å². The molecule has 9 heteroatoms. The Hall–Kier alpha value is -2.10. The molecule has 0 saturated carbocycles. The number of nitrogens with zero attached hydrogens (tertiary/aromatic N) is 1. The van der Waals surface area contributed by atoms with Gasteiger partial charge < -0.3 is 14.4 Å². The Morgan fingerprint density at radius 3 is 2.52 bits per heavy atom. The molecule has 1 aliphatic rings. The molecule has 1 saturated heterocycles. The topological polar surface area (TPSA) is 84.9 Å². The number of carbonyl (C=O) groups excluding carboxylic acids is 1. The Labute approximate surface area is 163 Å². The second kappa shape index (κ2) is 8.28. The van der Waals surface area contributed by atoms with Crippen molar-refractivity contribution in [1.82, 2.24) is 9.62 Å². The summed E-state index contributed by atoms with van der Waals surface area (Å²) in [6, 6.07) is 8.20. The van der Waals surface area contributed by atoms with E-state index in [0.29, 0.717) is 47.2 Å². The maximum Gasteiger partial charge on any atom is 0.257 e. The standard InChI is InChI=1S/C18H22N2O5S2/c1-24-14-5-6-15(16(12-14)25-2)18(21)20-9-7-13(8-10-20)19-27(22,23)17-4-3-11-26-17/h3-6,11-13,19H,7-10H2,1-2H3. The SMILES string of the molecule is COc1ccc(C(=O)N2CCC(NS(=O)(=O)c3cccs3)CC2)c(OC)c1. The third-order valence-electron chi connectivity index (χ3n) is 4.50. The van der Waals surface area contributed by atoms with Crippen LogP contribution in [0.4, 0.5) is 0 Å². The summed E-state index contributed by atoms with van der Waals surface area (Å²) in [6.45, 7) is 0.956. The molecule has 1 amide bonds. The molecule has 1 aromatic carbocycles. The summed E-state index contributed by atoms with van der Waals surface area (Å²) >= 11 is 1.19. The fourth-order valence-corrected chi connectivity index (χ4v) is 5.35. The van der Waals surface area contributed by atoms with Crippen LogP contribution in [0.5, 0.6) is 11.5 Å². The highest BCUT2D eigenvalue weighted by Crippen LogP contribution is 2.27. The van der Waals surface area contributed by atoms with Gasteiger partial charge in [-0.2, -0.15) is 0 Å². The van der Waals surface area contributed by atoms with Crippen LogP contribution in [0.3, 0.4) is 0 Å². The number of methoxy groups -OCH3 is 2.